The normalized spacial score (nSPS) is 19.1. The Labute approximate surface area is 95.6 Å². The lowest BCUT2D eigenvalue weighted by molar-refractivity contribution is 0.0608. The predicted molar refractivity (Wildman–Crippen MR) is 60.9 cm³/mol. The van der Waals surface area contributed by atoms with Crippen molar-refractivity contribution in [3.8, 4) is 0 Å². The number of hydrogen-bond acceptors (Lipinski definition) is 2. The molecule has 2 nitrogen and oxygen atoms in total. The van der Waals surface area contributed by atoms with E-state index in [1.807, 2.05) is 0 Å². The van der Waals surface area contributed by atoms with E-state index in [-0.39, 0.29) is 0 Å². The summed E-state index contributed by atoms with van der Waals surface area (Å²) in [5.74, 6) is 0. The maximum atomic E-state index is 5.70. The highest BCUT2D eigenvalue weighted by molar-refractivity contribution is 6.36. The summed E-state index contributed by atoms with van der Waals surface area (Å²) in [4.78, 5) is 0. The molecule has 0 saturated heterocycles. The highest BCUT2D eigenvalue weighted by Gasteiger charge is 2.14. The second-order valence-corrected chi connectivity index (χ2v) is 4.21. The minimum atomic E-state index is 0.496. The minimum Gasteiger partial charge on any atom is -0.377 e. The molecule has 1 fully saturated rings. The van der Waals surface area contributed by atoms with E-state index in [2.05, 4.69) is 5.32 Å². The fraction of sp³-hybridized carbons (Fsp3) is 0.800. The number of rotatable bonds is 6. The highest BCUT2D eigenvalue weighted by Crippen LogP contribution is 2.20. The van der Waals surface area contributed by atoms with Gasteiger partial charge in [-0.3, -0.25) is 0 Å². The Kier molecular flexibility index (Phi) is 6.61. The summed E-state index contributed by atoms with van der Waals surface area (Å²) in [6.45, 7) is 2.22. The van der Waals surface area contributed by atoms with E-state index in [0.717, 1.165) is 13.2 Å². The largest absolute Gasteiger partial charge is 0.377 e. The summed E-state index contributed by atoms with van der Waals surface area (Å²) in [6, 6.07) is 0. The van der Waals surface area contributed by atoms with Gasteiger partial charge >= 0.3 is 0 Å². The number of nitrogens with one attached hydrogen (secondary N) is 1. The summed E-state index contributed by atoms with van der Waals surface area (Å²) < 4.78 is 5.66. The maximum absolute atomic E-state index is 5.70. The molecule has 0 heterocycles. The van der Waals surface area contributed by atoms with Crippen molar-refractivity contribution in [3.63, 3.8) is 0 Å². The average molecular weight is 238 g/mol. The van der Waals surface area contributed by atoms with E-state index in [9.17, 15) is 0 Å². The van der Waals surface area contributed by atoms with E-state index in [1.165, 1.54) is 31.2 Å². The maximum Gasteiger partial charge on any atom is 0.0594 e. The van der Waals surface area contributed by atoms with Crippen LogP contribution >= 0.6 is 23.2 Å². The summed E-state index contributed by atoms with van der Waals surface area (Å²) in [5, 5.41) is 3.78. The van der Waals surface area contributed by atoms with Gasteiger partial charge in [-0.05, 0) is 12.8 Å². The first-order chi connectivity index (χ1) is 6.83. The molecule has 0 atom stereocenters. The van der Waals surface area contributed by atoms with Crippen molar-refractivity contribution in [1.82, 2.24) is 5.32 Å². The molecule has 0 aliphatic heterocycles. The van der Waals surface area contributed by atoms with Gasteiger partial charge < -0.3 is 10.1 Å². The Hall–Kier alpha value is 0.240. The molecule has 0 spiro atoms. The van der Waals surface area contributed by atoms with Crippen LogP contribution in [0.3, 0.4) is 0 Å². The zero-order chi connectivity index (χ0) is 10.2. The fourth-order valence-corrected chi connectivity index (χ4v) is 1.77. The number of ether oxygens (including phenoxy) is 1. The lowest BCUT2D eigenvalue weighted by Crippen LogP contribution is -2.23. The summed E-state index contributed by atoms with van der Waals surface area (Å²) in [6.07, 6.45) is 5.58. The molecule has 1 saturated carbocycles. The van der Waals surface area contributed by atoms with E-state index < -0.39 is 0 Å². The van der Waals surface area contributed by atoms with Crippen LogP contribution in [-0.4, -0.2) is 25.8 Å². The van der Waals surface area contributed by atoms with Crippen LogP contribution in [0.25, 0.3) is 0 Å². The average Bonchev–Trinajstić information content (AvgIpc) is 2.69. The van der Waals surface area contributed by atoms with Gasteiger partial charge in [0.25, 0.3) is 0 Å². The van der Waals surface area contributed by atoms with Gasteiger partial charge in [0.1, 0.15) is 0 Å². The molecule has 1 rings (SSSR count). The zero-order valence-corrected chi connectivity index (χ0v) is 9.78. The van der Waals surface area contributed by atoms with E-state index in [0.29, 0.717) is 17.7 Å². The van der Waals surface area contributed by atoms with E-state index in [1.54, 1.807) is 0 Å². The van der Waals surface area contributed by atoms with Crippen molar-refractivity contribution < 1.29 is 4.74 Å². The predicted octanol–water partition coefficient (Wildman–Crippen LogP) is 2.85. The van der Waals surface area contributed by atoms with Crippen molar-refractivity contribution >= 4 is 23.2 Å². The second kappa shape index (κ2) is 7.52. The molecule has 0 unspecified atom stereocenters. The van der Waals surface area contributed by atoms with Crippen LogP contribution in [0.2, 0.25) is 0 Å². The molecule has 0 aromatic heterocycles. The molecule has 4 heteroatoms. The van der Waals surface area contributed by atoms with Gasteiger partial charge in [0.15, 0.2) is 0 Å². The molecule has 0 aromatic rings. The van der Waals surface area contributed by atoms with Gasteiger partial charge in [0.05, 0.1) is 12.7 Å². The Balaban J connectivity index is 1.89. The topological polar surface area (TPSA) is 21.3 Å². The third-order valence-electron chi connectivity index (χ3n) is 2.35. The summed E-state index contributed by atoms with van der Waals surface area (Å²) in [7, 11) is 0. The summed E-state index contributed by atoms with van der Waals surface area (Å²) in [5.41, 5.74) is 1.38. The van der Waals surface area contributed by atoms with Gasteiger partial charge in [-0.15, -0.1) is 0 Å². The van der Waals surface area contributed by atoms with Crippen LogP contribution in [0.4, 0.5) is 0 Å². The van der Waals surface area contributed by atoms with Crippen molar-refractivity contribution in [1.29, 1.82) is 0 Å². The first-order valence-electron chi connectivity index (χ1n) is 5.10. The molecule has 0 radical (unpaired) electrons. The van der Waals surface area contributed by atoms with Crippen LogP contribution in [0.5, 0.6) is 0 Å². The van der Waals surface area contributed by atoms with Gasteiger partial charge in [0, 0.05) is 23.7 Å². The van der Waals surface area contributed by atoms with Crippen LogP contribution in [0.1, 0.15) is 25.7 Å². The van der Waals surface area contributed by atoms with Crippen molar-refractivity contribution in [2.24, 2.45) is 0 Å². The first-order valence-corrected chi connectivity index (χ1v) is 5.91. The van der Waals surface area contributed by atoms with Gasteiger partial charge in [0.2, 0.25) is 0 Å². The van der Waals surface area contributed by atoms with E-state index in [4.69, 9.17) is 27.9 Å². The van der Waals surface area contributed by atoms with Crippen LogP contribution in [0.15, 0.2) is 10.6 Å². The molecule has 0 amide bonds. The first kappa shape index (κ1) is 12.3. The van der Waals surface area contributed by atoms with Crippen LogP contribution < -0.4 is 5.32 Å². The molecular weight excluding hydrogens is 221 g/mol. The molecular formula is C10H17Cl2NO. The molecule has 14 heavy (non-hydrogen) atoms. The van der Waals surface area contributed by atoms with Gasteiger partial charge in [-0.25, -0.2) is 0 Å². The Morgan fingerprint density at radius 2 is 2.14 bits per heavy atom. The minimum absolute atomic E-state index is 0.496. The van der Waals surface area contributed by atoms with Crippen molar-refractivity contribution in [2.75, 3.05) is 19.7 Å². The molecule has 1 aliphatic rings. The van der Waals surface area contributed by atoms with Crippen molar-refractivity contribution in [3.05, 3.63) is 10.6 Å². The van der Waals surface area contributed by atoms with Gasteiger partial charge in [-0.1, -0.05) is 36.0 Å². The second-order valence-electron chi connectivity index (χ2n) is 3.51. The Morgan fingerprint density at radius 1 is 1.43 bits per heavy atom. The standard InChI is InChI=1S/C10H17Cl2NO/c11-7-9(12)8-13-5-6-14-10-3-1-2-4-10/h7,10,13H,1-6,8H2. The Bertz CT molecular complexity index is 179. The molecule has 82 valence electrons. The van der Waals surface area contributed by atoms with Gasteiger partial charge in [-0.2, -0.15) is 0 Å². The monoisotopic (exact) mass is 237 g/mol. The smallest absolute Gasteiger partial charge is 0.0594 e. The fourth-order valence-electron chi connectivity index (χ4n) is 1.60. The lowest BCUT2D eigenvalue weighted by Gasteiger charge is -2.11. The van der Waals surface area contributed by atoms with Crippen LogP contribution in [0, 0.1) is 0 Å². The number of hydrogen-bond donors (Lipinski definition) is 1. The zero-order valence-electron chi connectivity index (χ0n) is 8.27. The van der Waals surface area contributed by atoms with Crippen molar-refractivity contribution in [2.45, 2.75) is 31.8 Å². The SMILES string of the molecule is ClC=C(Cl)CNCCOC1CCCC1. The van der Waals surface area contributed by atoms with E-state index >= 15 is 0 Å². The lowest BCUT2D eigenvalue weighted by atomic mass is 10.3. The Morgan fingerprint density at radius 3 is 2.79 bits per heavy atom. The van der Waals surface area contributed by atoms with Crippen LogP contribution in [-0.2, 0) is 4.74 Å². The summed E-state index contributed by atoms with van der Waals surface area (Å²) >= 11 is 11.1. The third kappa shape index (κ3) is 5.20. The molecule has 0 aromatic carbocycles. The quantitative estimate of drug-likeness (QED) is 0.718. The molecule has 1 aliphatic carbocycles. The highest BCUT2D eigenvalue weighted by atomic mass is 35.5. The third-order valence-corrected chi connectivity index (χ3v) is 2.96. The molecule has 1 N–H and O–H groups in total. The number of halogens is 2. The molecule has 0 bridgehead atoms.